The van der Waals surface area contributed by atoms with Crippen LogP contribution in [-0.4, -0.2) is 22.7 Å². The highest BCUT2D eigenvalue weighted by molar-refractivity contribution is 6.40. The maximum absolute atomic E-state index is 10.1. The van der Waals surface area contributed by atoms with Gasteiger partial charge in [-0.05, 0) is 78.6 Å². The smallest absolute Gasteiger partial charge is 0.144 e. The summed E-state index contributed by atoms with van der Waals surface area (Å²) in [7, 11) is 0. The first-order valence-corrected chi connectivity index (χ1v) is 14.0. The lowest BCUT2D eigenvalue weighted by atomic mass is 9.81. The normalized spacial score (nSPS) is 13.0. The quantitative estimate of drug-likeness (QED) is 0.230. The van der Waals surface area contributed by atoms with Crippen LogP contribution in [0.15, 0.2) is 46.4 Å². The van der Waals surface area contributed by atoms with Crippen molar-refractivity contribution < 1.29 is 0 Å². The van der Waals surface area contributed by atoms with Gasteiger partial charge in [0.15, 0.2) is 0 Å². The molecule has 0 fully saturated rings. The van der Waals surface area contributed by atoms with E-state index < -0.39 is 16.5 Å². The Morgan fingerprint density at radius 2 is 0.974 bits per heavy atom. The highest BCUT2D eigenvalue weighted by Crippen LogP contribution is 2.34. The van der Waals surface area contributed by atoms with Gasteiger partial charge in [0.2, 0.25) is 0 Å². The van der Waals surface area contributed by atoms with Crippen molar-refractivity contribution >= 4 is 69.4 Å². The molecule has 0 radical (unpaired) electrons. The lowest BCUT2D eigenvalue weighted by Crippen LogP contribution is -2.26. The Morgan fingerprint density at radius 1 is 0.667 bits per heavy atom. The maximum Gasteiger partial charge on any atom is 0.144 e. The average molecular weight is 608 g/mol. The third-order valence-electron chi connectivity index (χ3n) is 5.41. The molecule has 0 bridgehead atoms. The predicted molar refractivity (Wildman–Crippen MR) is 167 cm³/mol. The molecule has 0 heterocycles. The van der Waals surface area contributed by atoms with Gasteiger partial charge in [0, 0.05) is 12.8 Å². The van der Waals surface area contributed by atoms with Crippen LogP contribution in [-0.2, 0) is 0 Å². The number of nitriles is 2. The Bertz CT molecular complexity index is 1170. The second-order valence-corrected chi connectivity index (χ2v) is 12.8. The first-order chi connectivity index (χ1) is 18.1. The molecule has 2 rings (SSSR count). The van der Waals surface area contributed by atoms with Gasteiger partial charge in [0.05, 0.1) is 54.7 Å². The van der Waals surface area contributed by atoms with E-state index in [1.807, 2.05) is 41.5 Å². The van der Waals surface area contributed by atoms with Gasteiger partial charge in [-0.15, -0.1) is 0 Å². The van der Waals surface area contributed by atoms with Crippen LogP contribution < -0.4 is 10.6 Å². The van der Waals surface area contributed by atoms with Crippen molar-refractivity contribution in [2.75, 3.05) is 10.6 Å². The number of nitrogens with one attached hydrogen (secondary N) is 2. The summed E-state index contributed by atoms with van der Waals surface area (Å²) in [5, 5.41) is 28.6. The molecule has 0 amide bonds. The van der Waals surface area contributed by atoms with Crippen LogP contribution in [0, 0.1) is 28.1 Å². The molecule has 39 heavy (non-hydrogen) atoms. The number of para-hydroxylation sites is 2. The summed E-state index contributed by atoms with van der Waals surface area (Å²) in [5.74, 6) is 1.16. The molecule has 0 unspecified atom stereocenters. The second kappa shape index (κ2) is 13.7. The molecule has 10 heteroatoms. The second-order valence-electron chi connectivity index (χ2n) is 11.2. The largest absolute Gasteiger partial charge is 0.342 e. The topological polar surface area (TPSA) is 96.4 Å². The molecule has 0 saturated heterocycles. The van der Waals surface area contributed by atoms with Crippen LogP contribution in [0.4, 0.5) is 11.4 Å². The number of halogens is 4. The van der Waals surface area contributed by atoms with Crippen LogP contribution in [0.1, 0.15) is 67.2 Å². The minimum absolute atomic E-state index is 0.236. The summed E-state index contributed by atoms with van der Waals surface area (Å²) in [6.07, 6.45) is 1.13. The number of benzene rings is 2. The third kappa shape index (κ3) is 10.5. The molecule has 0 saturated carbocycles. The molecule has 6 nitrogen and oxygen atoms in total. The van der Waals surface area contributed by atoms with Crippen LogP contribution in [0.3, 0.4) is 0 Å². The zero-order valence-corrected chi connectivity index (χ0v) is 26.1. The zero-order chi connectivity index (χ0) is 29.4. The standard InChI is InChI=1S/C29H34Cl4N6/c1-27(2,3)38-23(36-25-19(30)9-7-10-20(25)31)13-15-29(17-34,18-35)16-14-24(39-28(4,5)6)37-26-21(32)11-8-12-22(26)33/h7-12H,13-16H2,1-6H3,(H,36,38)(H,37,39). The number of hydrogen-bond acceptors (Lipinski definition) is 4. The minimum atomic E-state index is -1.30. The van der Waals surface area contributed by atoms with Gasteiger partial charge in [0.1, 0.15) is 17.1 Å². The Kier molecular flexibility index (Phi) is 11.5. The van der Waals surface area contributed by atoms with Gasteiger partial charge in [0.25, 0.3) is 0 Å². The molecule has 208 valence electrons. The van der Waals surface area contributed by atoms with Crippen molar-refractivity contribution in [1.82, 2.24) is 0 Å². The Labute approximate surface area is 252 Å². The SMILES string of the molecule is CC(C)(C)N=C(CCC(C#N)(C#N)CCC(=NC(C)(C)C)Nc1c(Cl)cccc1Cl)Nc1c(Cl)cccc1Cl. The summed E-state index contributed by atoms with van der Waals surface area (Å²) < 4.78 is 0. The van der Waals surface area contributed by atoms with Gasteiger partial charge < -0.3 is 10.6 Å². The Balaban J connectivity index is 2.31. The van der Waals surface area contributed by atoms with Crippen molar-refractivity contribution in [3.8, 4) is 12.1 Å². The highest BCUT2D eigenvalue weighted by atomic mass is 35.5. The van der Waals surface area contributed by atoms with Crippen molar-refractivity contribution in [3.63, 3.8) is 0 Å². The van der Waals surface area contributed by atoms with Gasteiger partial charge >= 0.3 is 0 Å². The molecule has 0 spiro atoms. The average Bonchev–Trinajstić information content (AvgIpc) is 2.82. The minimum Gasteiger partial charge on any atom is -0.342 e. The zero-order valence-electron chi connectivity index (χ0n) is 23.1. The number of amidine groups is 2. The van der Waals surface area contributed by atoms with Crippen molar-refractivity contribution in [1.29, 1.82) is 10.5 Å². The van der Waals surface area contributed by atoms with Crippen molar-refractivity contribution in [3.05, 3.63) is 56.5 Å². The van der Waals surface area contributed by atoms with E-state index >= 15 is 0 Å². The molecular formula is C29H34Cl4N6. The Hall–Kier alpha value is -2.48. The molecule has 0 aliphatic carbocycles. The number of nitrogens with zero attached hydrogens (tertiary/aromatic N) is 4. The summed E-state index contributed by atoms with van der Waals surface area (Å²) in [4.78, 5) is 9.56. The highest BCUT2D eigenvalue weighted by Gasteiger charge is 2.32. The van der Waals surface area contributed by atoms with Gasteiger partial charge in [-0.2, -0.15) is 10.5 Å². The summed E-state index contributed by atoms with van der Waals surface area (Å²) in [6.45, 7) is 11.8. The molecule has 2 aromatic carbocycles. The number of rotatable bonds is 8. The molecule has 0 atom stereocenters. The first kappa shape index (κ1) is 32.7. The maximum atomic E-state index is 10.1. The fourth-order valence-corrected chi connectivity index (χ4v) is 4.65. The lowest BCUT2D eigenvalue weighted by Gasteiger charge is -2.24. The van der Waals surface area contributed by atoms with Gasteiger partial charge in [-0.1, -0.05) is 58.5 Å². The van der Waals surface area contributed by atoms with E-state index in [1.54, 1.807) is 36.4 Å². The molecule has 2 aromatic rings. The van der Waals surface area contributed by atoms with E-state index in [4.69, 9.17) is 56.4 Å². The van der Waals surface area contributed by atoms with Crippen LogP contribution >= 0.6 is 46.4 Å². The third-order valence-corrected chi connectivity index (χ3v) is 6.67. The van der Waals surface area contributed by atoms with Gasteiger partial charge in [-0.3, -0.25) is 9.98 Å². The molecule has 0 aliphatic heterocycles. The predicted octanol–water partition coefficient (Wildman–Crippen LogP) is 9.81. The van der Waals surface area contributed by atoms with E-state index in [2.05, 4.69) is 22.8 Å². The molecular weight excluding hydrogens is 574 g/mol. The summed E-state index contributed by atoms with van der Waals surface area (Å²) in [5.41, 5.74) is -1.06. The molecule has 2 N–H and O–H groups in total. The fourth-order valence-electron chi connectivity index (χ4n) is 3.66. The van der Waals surface area contributed by atoms with Crippen LogP contribution in [0.2, 0.25) is 20.1 Å². The van der Waals surface area contributed by atoms with E-state index in [9.17, 15) is 10.5 Å². The molecule has 0 aliphatic rings. The van der Waals surface area contributed by atoms with Crippen molar-refractivity contribution in [2.24, 2.45) is 15.4 Å². The van der Waals surface area contributed by atoms with Crippen LogP contribution in [0.25, 0.3) is 0 Å². The van der Waals surface area contributed by atoms with E-state index in [0.717, 1.165) is 0 Å². The summed E-state index contributed by atoms with van der Waals surface area (Å²) >= 11 is 25.5. The number of hydrogen-bond donors (Lipinski definition) is 2. The monoisotopic (exact) mass is 606 g/mol. The first-order valence-electron chi connectivity index (χ1n) is 12.5. The van der Waals surface area contributed by atoms with Gasteiger partial charge in [-0.25, -0.2) is 0 Å². The van der Waals surface area contributed by atoms with E-state index in [0.29, 0.717) is 56.0 Å². The Morgan fingerprint density at radius 3 is 1.23 bits per heavy atom. The lowest BCUT2D eigenvalue weighted by molar-refractivity contribution is 0.454. The van der Waals surface area contributed by atoms with Crippen LogP contribution in [0.5, 0.6) is 0 Å². The molecule has 0 aromatic heterocycles. The fraction of sp³-hybridized carbons (Fsp3) is 0.448. The van der Waals surface area contributed by atoms with E-state index in [1.165, 1.54) is 0 Å². The number of anilines is 2. The van der Waals surface area contributed by atoms with Crippen molar-refractivity contribution in [2.45, 2.75) is 78.3 Å². The summed E-state index contributed by atoms with van der Waals surface area (Å²) in [6, 6.07) is 14.9. The number of aliphatic imine (C=N–C) groups is 2. The van der Waals surface area contributed by atoms with E-state index in [-0.39, 0.29) is 12.8 Å².